The van der Waals surface area contributed by atoms with Gasteiger partial charge in [-0.15, -0.1) is 0 Å². The van der Waals surface area contributed by atoms with Crippen molar-refractivity contribution in [3.63, 3.8) is 0 Å². The number of nitrogens with zero attached hydrogens (tertiary/aromatic N) is 2. The van der Waals surface area contributed by atoms with Gasteiger partial charge in [-0.05, 0) is 28.1 Å². The third kappa shape index (κ3) is 2.69. The topological polar surface area (TPSA) is 61.9 Å². The van der Waals surface area contributed by atoms with Gasteiger partial charge in [0.2, 0.25) is 0 Å². The molecule has 1 heterocycles. The van der Waals surface area contributed by atoms with E-state index in [0.717, 1.165) is 40.3 Å². The summed E-state index contributed by atoms with van der Waals surface area (Å²) in [7, 11) is 0. The zero-order valence-electron chi connectivity index (χ0n) is 9.27. The Labute approximate surface area is 113 Å². The third-order valence-electron chi connectivity index (χ3n) is 2.71. The molecule has 2 rings (SSSR count). The summed E-state index contributed by atoms with van der Waals surface area (Å²) in [4.78, 5) is 2.27. The molecule has 1 aliphatic heterocycles. The molecule has 0 saturated carbocycles. The minimum atomic E-state index is 0.144. The first-order chi connectivity index (χ1) is 8.24. The van der Waals surface area contributed by atoms with Crippen LogP contribution in [-0.2, 0) is 0 Å². The van der Waals surface area contributed by atoms with Gasteiger partial charge in [-0.3, -0.25) is 0 Å². The normalized spacial score (nSPS) is 17.2. The Balaban J connectivity index is 2.41. The Morgan fingerprint density at radius 3 is 2.76 bits per heavy atom. The summed E-state index contributed by atoms with van der Waals surface area (Å²) in [6.45, 7) is 1.99. The summed E-state index contributed by atoms with van der Waals surface area (Å²) in [6.07, 6.45) is 0. The first-order valence-electron chi connectivity index (χ1n) is 5.33. The molecule has 0 aliphatic carbocycles. The zero-order valence-corrected chi connectivity index (χ0v) is 11.7. The van der Waals surface area contributed by atoms with Crippen molar-refractivity contribution in [2.45, 2.75) is 0 Å². The minimum absolute atomic E-state index is 0.144. The fraction of sp³-hybridized carbons (Fsp3) is 0.364. The maximum absolute atomic E-state index is 8.85. The van der Waals surface area contributed by atoms with Crippen LogP contribution in [0.5, 0.6) is 0 Å². The summed E-state index contributed by atoms with van der Waals surface area (Å²) in [5, 5.41) is 12.0. The van der Waals surface area contributed by atoms with Gasteiger partial charge in [-0.1, -0.05) is 11.2 Å². The lowest BCUT2D eigenvalue weighted by Gasteiger charge is -2.30. The van der Waals surface area contributed by atoms with Gasteiger partial charge in [-0.25, -0.2) is 0 Å². The van der Waals surface area contributed by atoms with E-state index in [-0.39, 0.29) is 5.84 Å². The van der Waals surface area contributed by atoms with Crippen LogP contribution in [0.4, 0.5) is 5.69 Å². The van der Waals surface area contributed by atoms with Crippen LogP contribution in [0.3, 0.4) is 0 Å². The first-order valence-corrected chi connectivity index (χ1v) is 7.28. The van der Waals surface area contributed by atoms with E-state index >= 15 is 0 Å². The van der Waals surface area contributed by atoms with Crippen LogP contribution in [0.1, 0.15) is 5.56 Å². The molecule has 1 saturated heterocycles. The van der Waals surface area contributed by atoms with E-state index in [1.165, 1.54) is 0 Å². The number of amidine groups is 1. The molecule has 0 unspecified atom stereocenters. The van der Waals surface area contributed by atoms with E-state index in [9.17, 15) is 0 Å². The van der Waals surface area contributed by atoms with E-state index in [0.29, 0.717) is 0 Å². The summed E-state index contributed by atoms with van der Waals surface area (Å²) in [6, 6.07) is 5.87. The number of halogens is 1. The number of anilines is 1. The van der Waals surface area contributed by atoms with Crippen LogP contribution in [-0.4, -0.2) is 35.6 Å². The SMILES string of the molecule is N/C(=N/O)c1c(Br)cccc1N1CCSCC1. The number of hydrogen-bond donors (Lipinski definition) is 2. The van der Waals surface area contributed by atoms with Gasteiger partial charge in [0.05, 0.1) is 5.56 Å². The maximum atomic E-state index is 8.85. The van der Waals surface area contributed by atoms with Crippen LogP contribution in [0, 0.1) is 0 Å². The number of nitrogens with two attached hydrogens (primary N) is 1. The molecule has 0 radical (unpaired) electrons. The molecule has 6 heteroatoms. The average Bonchev–Trinajstić information content (AvgIpc) is 2.38. The lowest BCUT2D eigenvalue weighted by atomic mass is 10.1. The van der Waals surface area contributed by atoms with E-state index in [4.69, 9.17) is 10.9 Å². The summed E-state index contributed by atoms with van der Waals surface area (Å²) >= 11 is 5.40. The first kappa shape index (κ1) is 12.6. The molecule has 0 aromatic heterocycles. The van der Waals surface area contributed by atoms with Crippen molar-refractivity contribution in [2.24, 2.45) is 10.9 Å². The molecule has 1 aliphatic rings. The van der Waals surface area contributed by atoms with Crippen molar-refractivity contribution < 1.29 is 5.21 Å². The summed E-state index contributed by atoms with van der Waals surface area (Å²) in [5.74, 6) is 2.37. The van der Waals surface area contributed by atoms with E-state index in [1.54, 1.807) is 0 Å². The Morgan fingerprint density at radius 2 is 2.12 bits per heavy atom. The van der Waals surface area contributed by atoms with Crippen LogP contribution in [0.2, 0.25) is 0 Å². The quantitative estimate of drug-likeness (QED) is 0.380. The molecule has 17 heavy (non-hydrogen) atoms. The lowest BCUT2D eigenvalue weighted by Crippen LogP contribution is -2.34. The number of oxime groups is 1. The molecule has 0 bridgehead atoms. The third-order valence-corrected chi connectivity index (χ3v) is 4.31. The molecule has 4 nitrogen and oxygen atoms in total. The van der Waals surface area contributed by atoms with E-state index in [1.807, 2.05) is 30.0 Å². The zero-order chi connectivity index (χ0) is 12.3. The van der Waals surface area contributed by atoms with Gasteiger partial charge in [0, 0.05) is 34.8 Å². The molecular weight excluding hydrogens is 302 g/mol. The van der Waals surface area contributed by atoms with Gasteiger partial charge in [-0.2, -0.15) is 11.8 Å². The Hall–Kier alpha value is -0.880. The van der Waals surface area contributed by atoms with E-state index in [2.05, 4.69) is 26.0 Å². The number of rotatable bonds is 2. The smallest absolute Gasteiger partial charge is 0.173 e. The standard InChI is InChI=1S/C11H14BrN3OS/c12-8-2-1-3-9(10(8)11(13)14-16)15-4-6-17-7-5-15/h1-3,16H,4-7H2,(H2,13,14). The van der Waals surface area contributed by atoms with Crippen LogP contribution in [0.25, 0.3) is 0 Å². The molecule has 0 atom stereocenters. The Kier molecular flexibility index (Phi) is 4.17. The highest BCUT2D eigenvalue weighted by atomic mass is 79.9. The minimum Gasteiger partial charge on any atom is -0.409 e. The van der Waals surface area contributed by atoms with Crippen molar-refractivity contribution >= 4 is 39.2 Å². The average molecular weight is 316 g/mol. The second-order valence-corrected chi connectivity index (χ2v) is 5.80. The van der Waals surface area contributed by atoms with Gasteiger partial charge in [0.1, 0.15) is 0 Å². The lowest BCUT2D eigenvalue weighted by molar-refractivity contribution is 0.318. The molecule has 92 valence electrons. The molecule has 0 spiro atoms. The highest BCUT2D eigenvalue weighted by molar-refractivity contribution is 9.10. The van der Waals surface area contributed by atoms with Gasteiger partial charge < -0.3 is 15.8 Å². The van der Waals surface area contributed by atoms with Crippen molar-refractivity contribution in [3.05, 3.63) is 28.2 Å². The highest BCUT2D eigenvalue weighted by Crippen LogP contribution is 2.29. The number of hydrogen-bond acceptors (Lipinski definition) is 4. The highest BCUT2D eigenvalue weighted by Gasteiger charge is 2.18. The summed E-state index contributed by atoms with van der Waals surface area (Å²) < 4.78 is 0.850. The molecular formula is C11H14BrN3OS. The largest absolute Gasteiger partial charge is 0.409 e. The fourth-order valence-corrected chi connectivity index (χ4v) is 3.35. The fourth-order valence-electron chi connectivity index (χ4n) is 1.88. The second kappa shape index (κ2) is 5.64. The molecule has 3 N–H and O–H groups in total. The molecule has 1 aromatic carbocycles. The van der Waals surface area contributed by atoms with Crippen molar-refractivity contribution in [3.8, 4) is 0 Å². The van der Waals surface area contributed by atoms with Crippen molar-refractivity contribution in [1.82, 2.24) is 0 Å². The maximum Gasteiger partial charge on any atom is 0.173 e. The van der Waals surface area contributed by atoms with Gasteiger partial charge in [0.15, 0.2) is 5.84 Å². The Bertz CT molecular complexity index is 433. The monoisotopic (exact) mass is 315 g/mol. The summed E-state index contributed by atoms with van der Waals surface area (Å²) in [5.41, 5.74) is 7.53. The van der Waals surface area contributed by atoms with Crippen molar-refractivity contribution in [1.29, 1.82) is 0 Å². The molecule has 0 amide bonds. The second-order valence-electron chi connectivity index (χ2n) is 3.72. The van der Waals surface area contributed by atoms with E-state index < -0.39 is 0 Å². The van der Waals surface area contributed by atoms with Crippen LogP contribution >= 0.6 is 27.7 Å². The van der Waals surface area contributed by atoms with Gasteiger partial charge >= 0.3 is 0 Å². The predicted molar refractivity (Wildman–Crippen MR) is 76.2 cm³/mol. The number of thioether (sulfide) groups is 1. The predicted octanol–water partition coefficient (Wildman–Crippen LogP) is 2.10. The van der Waals surface area contributed by atoms with Crippen LogP contribution < -0.4 is 10.6 Å². The van der Waals surface area contributed by atoms with Crippen LogP contribution in [0.15, 0.2) is 27.8 Å². The van der Waals surface area contributed by atoms with Gasteiger partial charge in [0.25, 0.3) is 0 Å². The van der Waals surface area contributed by atoms with Crippen molar-refractivity contribution in [2.75, 3.05) is 29.5 Å². The Morgan fingerprint density at radius 1 is 1.41 bits per heavy atom. The molecule has 1 fully saturated rings. The number of benzene rings is 1. The molecule has 1 aromatic rings.